The van der Waals surface area contributed by atoms with Crippen LogP contribution in [0.2, 0.25) is 0 Å². The first kappa shape index (κ1) is 12.1. The zero-order valence-corrected chi connectivity index (χ0v) is 10.9. The van der Waals surface area contributed by atoms with E-state index in [1.54, 1.807) is 12.5 Å². The Bertz CT molecular complexity index is 519. The van der Waals surface area contributed by atoms with E-state index in [2.05, 4.69) is 10.3 Å². The van der Waals surface area contributed by atoms with Gasteiger partial charge in [-0.15, -0.1) is 0 Å². The second-order valence-electron chi connectivity index (χ2n) is 4.85. The molecule has 6 nitrogen and oxygen atoms in total. The minimum atomic E-state index is -2.87. The molecule has 0 bridgehead atoms. The fraction of sp³-hybridized carbons (Fsp3) is 0.727. The number of rotatable bonds is 2. The number of hydrogen-bond donors (Lipinski definition) is 1. The van der Waals surface area contributed by atoms with Crippen LogP contribution >= 0.6 is 0 Å². The number of nitrogens with one attached hydrogen (secondary N) is 1. The molecule has 1 N–H and O–H groups in total. The first-order chi connectivity index (χ1) is 8.66. The molecule has 3 rings (SSSR count). The van der Waals surface area contributed by atoms with Gasteiger partial charge in [0.25, 0.3) is 0 Å². The predicted molar refractivity (Wildman–Crippen MR) is 66.1 cm³/mol. The van der Waals surface area contributed by atoms with Crippen LogP contribution in [0, 0.1) is 0 Å². The van der Waals surface area contributed by atoms with Gasteiger partial charge in [0.05, 0.1) is 36.3 Å². The topological polar surface area (TPSA) is 73.2 Å². The first-order valence-electron chi connectivity index (χ1n) is 6.20. The lowest BCUT2D eigenvalue weighted by molar-refractivity contribution is 0.0221. The van der Waals surface area contributed by atoms with E-state index >= 15 is 0 Å². The highest BCUT2D eigenvalue weighted by Crippen LogP contribution is 2.28. The van der Waals surface area contributed by atoms with Gasteiger partial charge in [-0.1, -0.05) is 0 Å². The maximum atomic E-state index is 11.5. The lowest BCUT2D eigenvalue weighted by Gasteiger charge is -2.26. The summed E-state index contributed by atoms with van der Waals surface area (Å²) in [5.41, 5.74) is 0.976. The molecule has 0 aliphatic carbocycles. The molecule has 2 fully saturated rings. The van der Waals surface area contributed by atoms with E-state index in [0.717, 1.165) is 18.8 Å². The summed E-state index contributed by atoms with van der Waals surface area (Å²) in [5, 5.41) is 3.27. The van der Waals surface area contributed by atoms with Crippen molar-refractivity contribution in [3.05, 3.63) is 18.2 Å². The molecule has 0 amide bonds. The molecule has 2 aliphatic rings. The highest BCUT2D eigenvalue weighted by atomic mass is 32.2. The van der Waals surface area contributed by atoms with Gasteiger partial charge in [0.1, 0.15) is 6.10 Å². The molecule has 3 heterocycles. The van der Waals surface area contributed by atoms with Gasteiger partial charge in [0.2, 0.25) is 0 Å². The molecule has 7 heteroatoms. The van der Waals surface area contributed by atoms with E-state index < -0.39 is 9.84 Å². The third kappa shape index (κ3) is 2.30. The standard InChI is InChI=1S/C11H17N3O3S/c15-18(16)4-1-9(7-18)14-8-13-5-10(14)11-6-12-2-3-17-11/h5,8-9,11-12H,1-4,6-7H2. The van der Waals surface area contributed by atoms with Crippen molar-refractivity contribution in [3.8, 4) is 0 Å². The third-order valence-corrected chi connectivity index (χ3v) is 5.31. The number of imidazole rings is 1. The number of hydrogen-bond acceptors (Lipinski definition) is 5. The van der Waals surface area contributed by atoms with Crippen molar-refractivity contribution in [1.29, 1.82) is 0 Å². The Hall–Kier alpha value is -0.920. The third-order valence-electron chi connectivity index (χ3n) is 3.56. The molecule has 2 atom stereocenters. The predicted octanol–water partition coefficient (Wildman–Crippen LogP) is -0.0964. The number of nitrogens with zero attached hydrogens (tertiary/aromatic N) is 2. The second-order valence-corrected chi connectivity index (χ2v) is 7.07. The Morgan fingerprint density at radius 2 is 2.39 bits per heavy atom. The smallest absolute Gasteiger partial charge is 0.152 e. The molecule has 0 saturated carbocycles. The normalized spacial score (nSPS) is 31.6. The van der Waals surface area contributed by atoms with Gasteiger partial charge in [-0.2, -0.15) is 0 Å². The Balaban J connectivity index is 1.83. The summed E-state index contributed by atoms with van der Waals surface area (Å²) in [6, 6.07) is 0.0121. The minimum Gasteiger partial charge on any atom is -0.369 e. The number of sulfone groups is 1. The summed E-state index contributed by atoms with van der Waals surface area (Å²) in [7, 11) is -2.87. The van der Waals surface area contributed by atoms with Gasteiger partial charge in [-0.25, -0.2) is 13.4 Å². The van der Waals surface area contributed by atoms with Crippen LogP contribution in [0.15, 0.2) is 12.5 Å². The highest BCUT2D eigenvalue weighted by Gasteiger charge is 2.31. The first-order valence-corrected chi connectivity index (χ1v) is 8.02. The van der Waals surface area contributed by atoms with Crippen molar-refractivity contribution in [3.63, 3.8) is 0 Å². The quantitative estimate of drug-likeness (QED) is 0.813. The summed E-state index contributed by atoms with van der Waals surface area (Å²) in [6.07, 6.45) is 4.15. The second kappa shape index (κ2) is 4.64. The molecule has 2 unspecified atom stereocenters. The van der Waals surface area contributed by atoms with Gasteiger partial charge >= 0.3 is 0 Å². The number of ether oxygens (including phenoxy) is 1. The van der Waals surface area contributed by atoms with Crippen molar-refractivity contribution >= 4 is 9.84 Å². The SMILES string of the molecule is O=S1(=O)CCC(n2cncc2C2CNCCO2)C1. The van der Waals surface area contributed by atoms with Crippen LogP contribution in [0.4, 0.5) is 0 Å². The van der Waals surface area contributed by atoms with Crippen molar-refractivity contribution in [2.75, 3.05) is 31.2 Å². The summed E-state index contributed by atoms with van der Waals surface area (Å²) in [4.78, 5) is 4.15. The number of aromatic nitrogens is 2. The fourth-order valence-corrected chi connectivity index (χ4v) is 4.33. The van der Waals surface area contributed by atoms with Gasteiger partial charge in [0, 0.05) is 19.1 Å². The zero-order valence-electron chi connectivity index (χ0n) is 10.1. The Kier molecular flexibility index (Phi) is 3.13. The van der Waals surface area contributed by atoms with Crippen molar-refractivity contribution in [2.24, 2.45) is 0 Å². The van der Waals surface area contributed by atoms with Crippen LogP contribution in [0.3, 0.4) is 0 Å². The van der Waals surface area contributed by atoms with Crippen LogP contribution in [0.1, 0.15) is 24.3 Å². The molecular weight excluding hydrogens is 254 g/mol. The zero-order chi connectivity index (χ0) is 12.6. The Morgan fingerprint density at radius 1 is 1.50 bits per heavy atom. The van der Waals surface area contributed by atoms with E-state index in [-0.39, 0.29) is 23.7 Å². The lowest BCUT2D eigenvalue weighted by Crippen LogP contribution is -2.34. The van der Waals surface area contributed by atoms with Crippen LogP contribution < -0.4 is 5.32 Å². The highest BCUT2D eigenvalue weighted by molar-refractivity contribution is 7.91. The molecule has 1 aromatic rings. The molecule has 100 valence electrons. The van der Waals surface area contributed by atoms with Crippen LogP contribution in [-0.4, -0.2) is 49.2 Å². The summed E-state index contributed by atoms with van der Waals surface area (Å²) in [6.45, 7) is 2.30. The maximum Gasteiger partial charge on any atom is 0.152 e. The van der Waals surface area contributed by atoms with Crippen LogP contribution in [0.25, 0.3) is 0 Å². The van der Waals surface area contributed by atoms with Gasteiger partial charge in [0.15, 0.2) is 9.84 Å². The monoisotopic (exact) mass is 271 g/mol. The Morgan fingerprint density at radius 3 is 3.06 bits per heavy atom. The Labute approximate surface area is 106 Å². The largest absolute Gasteiger partial charge is 0.369 e. The molecular formula is C11H17N3O3S. The molecule has 2 saturated heterocycles. The van der Waals surface area contributed by atoms with E-state index in [1.165, 1.54) is 0 Å². The van der Waals surface area contributed by atoms with Crippen molar-refractivity contribution in [2.45, 2.75) is 18.6 Å². The number of morpholine rings is 1. The molecule has 0 radical (unpaired) electrons. The van der Waals surface area contributed by atoms with Crippen molar-refractivity contribution in [1.82, 2.24) is 14.9 Å². The van der Waals surface area contributed by atoms with E-state index in [0.29, 0.717) is 13.0 Å². The molecule has 18 heavy (non-hydrogen) atoms. The maximum absolute atomic E-state index is 11.5. The average Bonchev–Trinajstić information content (AvgIpc) is 2.96. The van der Waals surface area contributed by atoms with E-state index in [9.17, 15) is 8.42 Å². The molecule has 2 aliphatic heterocycles. The average molecular weight is 271 g/mol. The van der Waals surface area contributed by atoms with E-state index in [4.69, 9.17) is 4.74 Å². The molecule has 1 aromatic heterocycles. The molecule has 0 aromatic carbocycles. The summed E-state index contributed by atoms with van der Waals surface area (Å²) < 4.78 is 30.8. The van der Waals surface area contributed by atoms with E-state index in [1.807, 2.05) is 4.57 Å². The van der Waals surface area contributed by atoms with Crippen LogP contribution in [-0.2, 0) is 14.6 Å². The molecule has 0 spiro atoms. The summed E-state index contributed by atoms with van der Waals surface area (Å²) >= 11 is 0. The van der Waals surface area contributed by atoms with Gasteiger partial charge < -0.3 is 14.6 Å². The fourth-order valence-electron chi connectivity index (χ4n) is 2.62. The van der Waals surface area contributed by atoms with Crippen LogP contribution in [0.5, 0.6) is 0 Å². The van der Waals surface area contributed by atoms with Gasteiger partial charge in [-0.3, -0.25) is 0 Å². The summed E-state index contributed by atoms with van der Waals surface area (Å²) in [5.74, 6) is 0.496. The minimum absolute atomic E-state index is 0.0121. The lowest BCUT2D eigenvalue weighted by atomic mass is 10.2. The van der Waals surface area contributed by atoms with Gasteiger partial charge in [-0.05, 0) is 6.42 Å². The van der Waals surface area contributed by atoms with Crippen molar-refractivity contribution < 1.29 is 13.2 Å².